The van der Waals surface area contributed by atoms with E-state index in [9.17, 15) is 9.59 Å². The van der Waals surface area contributed by atoms with Crippen molar-refractivity contribution in [2.45, 2.75) is 19.4 Å². The van der Waals surface area contributed by atoms with Crippen LogP contribution in [0.2, 0.25) is 0 Å². The minimum Gasteiger partial charge on any atom is -0.378 e. The summed E-state index contributed by atoms with van der Waals surface area (Å²) in [6.07, 6.45) is 0.979. The summed E-state index contributed by atoms with van der Waals surface area (Å²) in [4.78, 5) is 28.3. The number of para-hydroxylation sites is 1. The summed E-state index contributed by atoms with van der Waals surface area (Å²) in [6, 6.07) is 16.7. The molecule has 1 heterocycles. The molecule has 2 amide bonds. The molecule has 2 aromatic rings. The van der Waals surface area contributed by atoms with Gasteiger partial charge in [-0.2, -0.15) is 0 Å². The third-order valence-corrected chi connectivity index (χ3v) is 5.09. The van der Waals surface area contributed by atoms with Gasteiger partial charge in [-0.25, -0.2) is 0 Å². The van der Waals surface area contributed by atoms with Gasteiger partial charge in [-0.1, -0.05) is 30.3 Å². The maximum absolute atomic E-state index is 12.1. The highest BCUT2D eigenvalue weighted by Crippen LogP contribution is 2.35. The van der Waals surface area contributed by atoms with Gasteiger partial charge in [0.05, 0.1) is 6.04 Å². The normalized spacial score (nSPS) is 13.6. The van der Waals surface area contributed by atoms with Crippen LogP contribution in [0, 0.1) is 0 Å². The Morgan fingerprint density at radius 1 is 1.04 bits per heavy atom. The molecule has 0 bridgehead atoms. The second kappa shape index (κ2) is 8.78. The fourth-order valence-electron chi connectivity index (χ4n) is 3.60. The molecule has 0 saturated heterocycles. The zero-order valence-electron chi connectivity index (χ0n) is 16.7. The van der Waals surface area contributed by atoms with E-state index in [1.54, 1.807) is 6.92 Å². The van der Waals surface area contributed by atoms with Crippen LogP contribution in [0.1, 0.15) is 24.1 Å². The summed E-state index contributed by atoms with van der Waals surface area (Å²) >= 11 is 0. The minimum atomic E-state index is -0.593. The van der Waals surface area contributed by atoms with Crippen LogP contribution < -0.4 is 20.4 Å². The number of nitrogens with one attached hydrogen (secondary N) is 2. The lowest BCUT2D eigenvalue weighted by Crippen LogP contribution is -2.44. The molecular formula is C22H28N4O2. The number of rotatable bonds is 6. The molecule has 0 saturated carbocycles. The molecule has 148 valence electrons. The molecule has 0 aromatic heterocycles. The van der Waals surface area contributed by atoms with Crippen molar-refractivity contribution < 1.29 is 9.59 Å². The lowest BCUT2D eigenvalue weighted by atomic mass is 10.0. The third kappa shape index (κ3) is 4.27. The van der Waals surface area contributed by atoms with Gasteiger partial charge in [-0.15, -0.1) is 0 Å². The van der Waals surface area contributed by atoms with Gasteiger partial charge in [0.1, 0.15) is 0 Å². The molecule has 0 spiro atoms. The number of amides is 2. The average molecular weight is 380 g/mol. The van der Waals surface area contributed by atoms with E-state index in [1.807, 2.05) is 20.2 Å². The highest BCUT2D eigenvalue weighted by atomic mass is 16.2. The van der Waals surface area contributed by atoms with Crippen LogP contribution in [0.3, 0.4) is 0 Å². The van der Waals surface area contributed by atoms with Crippen LogP contribution in [0.25, 0.3) is 0 Å². The van der Waals surface area contributed by atoms with Crippen molar-refractivity contribution in [2.24, 2.45) is 0 Å². The number of fused-ring (bicyclic) bond motifs is 1. The van der Waals surface area contributed by atoms with Gasteiger partial charge in [0, 0.05) is 45.1 Å². The predicted molar refractivity (Wildman–Crippen MR) is 113 cm³/mol. The van der Waals surface area contributed by atoms with Crippen molar-refractivity contribution in [3.63, 3.8) is 0 Å². The zero-order chi connectivity index (χ0) is 20.1. The lowest BCUT2D eigenvalue weighted by Gasteiger charge is -2.31. The lowest BCUT2D eigenvalue weighted by molar-refractivity contribution is -0.139. The van der Waals surface area contributed by atoms with Gasteiger partial charge in [0.2, 0.25) is 0 Å². The number of benzene rings is 2. The summed E-state index contributed by atoms with van der Waals surface area (Å²) in [5.41, 5.74) is 4.73. The van der Waals surface area contributed by atoms with Crippen LogP contribution in [-0.2, 0) is 16.0 Å². The number of nitrogens with zero attached hydrogens (tertiary/aromatic N) is 2. The van der Waals surface area contributed by atoms with Crippen molar-refractivity contribution in [1.82, 2.24) is 10.6 Å². The molecule has 6 nitrogen and oxygen atoms in total. The van der Waals surface area contributed by atoms with E-state index in [2.05, 4.69) is 62.9 Å². The first-order valence-corrected chi connectivity index (χ1v) is 9.69. The van der Waals surface area contributed by atoms with E-state index in [0.717, 1.165) is 24.2 Å². The number of carbonyl (C=O) groups excluding carboxylic acids is 2. The van der Waals surface area contributed by atoms with Gasteiger partial charge < -0.3 is 20.4 Å². The fourth-order valence-corrected chi connectivity index (χ4v) is 3.60. The van der Waals surface area contributed by atoms with E-state index in [1.165, 1.54) is 11.3 Å². The molecule has 1 atom stereocenters. The Hall–Kier alpha value is -3.02. The molecular weight excluding hydrogens is 352 g/mol. The first kappa shape index (κ1) is 19.7. The van der Waals surface area contributed by atoms with Crippen LogP contribution in [0.15, 0.2) is 48.5 Å². The van der Waals surface area contributed by atoms with Crippen molar-refractivity contribution in [3.05, 3.63) is 59.7 Å². The van der Waals surface area contributed by atoms with E-state index in [4.69, 9.17) is 0 Å². The maximum Gasteiger partial charge on any atom is 0.309 e. The Morgan fingerprint density at radius 3 is 2.39 bits per heavy atom. The second-order valence-corrected chi connectivity index (χ2v) is 7.14. The Balaban J connectivity index is 1.84. The number of likely N-dealkylation sites (N-methyl/N-ethyl adjacent to an activating group) is 1. The standard InChI is InChI=1S/C22H28N4O2/c1-4-23-21(27)22(28)24-15-20(17-9-11-18(12-10-17)25(2)3)26-14-13-16-7-5-6-8-19(16)26/h5-12,20H,4,13-15H2,1-3H3,(H,23,27)(H,24,28)/t20-/m1/s1. The Kier molecular flexibility index (Phi) is 6.19. The molecule has 1 aliphatic heterocycles. The molecule has 1 aliphatic rings. The van der Waals surface area contributed by atoms with Crippen molar-refractivity contribution in [2.75, 3.05) is 43.5 Å². The first-order chi connectivity index (χ1) is 13.5. The molecule has 3 rings (SSSR count). The van der Waals surface area contributed by atoms with Crippen molar-refractivity contribution in [3.8, 4) is 0 Å². The quantitative estimate of drug-likeness (QED) is 0.754. The monoisotopic (exact) mass is 380 g/mol. The zero-order valence-corrected chi connectivity index (χ0v) is 16.7. The van der Waals surface area contributed by atoms with E-state index in [0.29, 0.717) is 13.1 Å². The summed E-state index contributed by atoms with van der Waals surface area (Å²) in [5, 5.41) is 5.35. The average Bonchev–Trinajstić information content (AvgIpc) is 3.12. The summed E-state index contributed by atoms with van der Waals surface area (Å²) in [5.74, 6) is -1.18. The Bertz CT molecular complexity index is 833. The van der Waals surface area contributed by atoms with Gasteiger partial charge in [0.15, 0.2) is 0 Å². The molecule has 28 heavy (non-hydrogen) atoms. The molecule has 2 N–H and O–H groups in total. The Morgan fingerprint density at radius 2 is 1.71 bits per heavy atom. The minimum absolute atomic E-state index is 0.0433. The van der Waals surface area contributed by atoms with Crippen LogP contribution in [0.4, 0.5) is 11.4 Å². The topological polar surface area (TPSA) is 64.7 Å². The van der Waals surface area contributed by atoms with Crippen molar-refractivity contribution in [1.29, 1.82) is 0 Å². The van der Waals surface area contributed by atoms with Crippen molar-refractivity contribution >= 4 is 23.2 Å². The van der Waals surface area contributed by atoms with Gasteiger partial charge >= 0.3 is 11.8 Å². The maximum atomic E-state index is 12.1. The van der Waals surface area contributed by atoms with Gasteiger partial charge in [-0.3, -0.25) is 9.59 Å². The largest absolute Gasteiger partial charge is 0.378 e. The summed E-state index contributed by atoms with van der Waals surface area (Å²) in [6.45, 7) is 3.48. The third-order valence-electron chi connectivity index (χ3n) is 5.09. The van der Waals surface area contributed by atoms with Crippen LogP contribution >= 0.6 is 0 Å². The van der Waals surface area contributed by atoms with Gasteiger partial charge in [-0.05, 0) is 42.7 Å². The van der Waals surface area contributed by atoms with E-state index >= 15 is 0 Å². The van der Waals surface area contributed by atoms with E-state index < -0.39 is 11.8 Å². The number of hydrogen-bond donors (Lipinski definition) is 2. The molecule has 6 heteroatoms. The fraction of sp³-hybridized carbons (Fsp3) is 0.364. The van der Waals surface area contributed by atoms with Crippen LogP contribution in [-0.4, -0.2) is 45.5 Å². The Labute approximate surface area is 166 Å². The molecule has 0 fully saturated rings. The summed E-state index contributed by atoms with van der Waals surface area (Å²) in [7, 11) is 4.02. The second-order valence-electron chi connectivity index (χ2n) is 7.14. The smallest absolute Gasteiger partial charge is 0.309 e. The number of hydrogen-bond acceptors (Lipinski definition) is 4. The SMILES string of the molecule is CCNC(=O)C(=O)NC[C@H](c1ccc(N(C)C)cc1)N1CCc2ccccc21. The number of anilines is 2. The van der Waals surface area contributed by atoms with Gasteiger partial charge in [0.25, 0.3) is 0 Å². The summed E-state index contributed by atoms with van der Waals surface area (Å²) < 4.78 is 0. The van der Waals surface area contributed by atoms with E-state index in [-0.39, 0.29) is 6.04 Å². The molecule has 0 unspecified atom stereocenters. The highest BCUT2D eigenvalue weighted by molar-refractivity contribution is 6.35. The highest BCUT2D eigenvalue weighted by Gasteiger charge is 2.28. The predicted octanol–water partition coefficient (Wildman–Crippen LogP) is 2.11. The molecule has 2 aromatic carbocycles. The molecule has 0 radical (unpaired) electrons. The first-order valence-electron chi connectivity index (χ1n) is 9.69. The van der Waals surface area contributed by atoms with Crippen LogP contribution in [0.5, 0.6) is 0 Å². The molecule has 0 aliphatic carbocycles. The number of carbonyl (C=O) groups is 2.